The zero-order chi connectivity index (χ0) is 5.40. The molecule has 2 heteroatoms. The summed E-state index contributed by atoms with van der Waals surface area (Å²) in [4.78, 5) is 0. The van der Waals surface area contributed by atoms with E-state index >= 15 is 0 Å². The molecule has 0 fully saturated rings. The first-order valence-electron chi connectivity index (χ1n) is 2.51. The fourth-order valence-corrected chi connectivity index (χ4v) is 0.802. The molecule has 1 aromatic heterocycles. The van der Waals surface area contributed by atoms with Crippen LogP contribution in [0.25, 0.3) is 6.20 Å². The second kappa shape index (κ2) is 1.15. The minimum absolute atomic E-state index is 1.02. The van der Waals surface area contributed by atoms with Crippen LogP contribution < -0.4 is 5.32 Å². The standard InChI is InChI=1S/C6H5N2/c1-2-6-7-3-5-8(6)4-1/h1-5H. The highest BCUT2D eigenvalue weighted by atomic mass is 15.1. The van der Waals surface area contributed by atoms with E-state index in [1.807, 2.05) is 29.1 Å². The van der Waals surface area contributed by atoms with Gasteiger partial charge in [0, 0.05) is 18.6 Å². The average molecular weight is 105 g/mol. The number of rotatable bonds is 0. The third kappa shape index (κ3) is 0.320. The van der Waals surface area contributed by atoms with Gasteiger partial charge in [-0.05, 0) is 12.1 Å². The largest absolute Gasteiger partial charge is 0.307 e. The monoisotopic (exact) mass is 105 g/mol. The molecule has 8 heavy (non-hydrogen) atoms. The molecule has 2 nitrogen and oxygen atoms in total. The van der Waals surface area contributed by atoms with Crippen LogP contribution in [0.2, 0.25) is 0 Å². The maximum Gasteiger partial charge on any atom is 0.136 e. The van der Waals surface area contributed by atoms with E-state index in [1.165, 1.54) is 0 Å². The Hall–Kier alpha value is -1.18. The van der Waals surface area contributed by atoms with Gasteiger partial charge in [-0.15, -0.1) is 0 Å². The molecule has 0 spiro atoms. The van der Waals surface area contributed by atoms with Crippen LogP contribution >= 0.6 is 0 Å². The summed E-state index contributed by atoms with van der Waals surface area (Å²) in [6.07, 6.45) is 5.69. The van der Waals surface area contributed by atoms with Crippen molar-refractivity contribution in [3.63, 3.8) is 0 Å². The Morgan fingerprint density at radius 3 is 3.38 bits per heavy atom. The Morgan fingerprint density at radius 2 is 2.50 bits per heavy atom. The van der Waals surface area contributed by atoms with Crippen molar-refractivity contribution in [3.8, 4) is 0 Å². The van der Waals surface area contributed by atoms with E-state index in [9.17, 15) is 0 Å². The molecule has 0 saturated heterocycles. The number of nitrogens with zero attached hydrogens (tertiary/aromatic N) is 2. The van der Waals surface area contributed by atoms with Gasteiger partial charge < -0.3 is 4.57 Å². The minimum Gasteiger partial charge on any atom is -0.307 e. The molecule has 2 rings (SSSR count). The van der Waals surface area contributed by atoms with Gasteiger partial charge in [0.05, 0.1) is 0 Å². The van der Waals surface area contributed by atoms with E-state index in [1.54, 1.807) is 6.20 Å². The Kier molecular flexibility index (Phi) is 0.545. The van der Waals surface area contributed by atoms with E-state index in [0.29, 0.717) is 0 Å². The Morgan fingerprint density at radius 1 is 1.50 bits per heavy atom. The highest BCUT2D eigenvalue weighted by Crippen LogP contribution is 2.13. The second-order valence-electron chi connectivity index (χ2n) is 1.70. The predicted octanol–water partition coefficient (Wildman–Crippen LogP) is 1.17. The van der Waals surface area contributed by atoms with Crippen LogP contribution in [0.4, 0.5) is 5.82 Å². The lowest BCUT2D eigenvalue weighted by Crippen LogP contribution is -1.80. The lowest BCUT2D eigenvalue weighted by Gasteiger charge is -1.86. The van der Waals surface area contributed by atoms with Gasteiger partial charge >= 0.3 is 0 Å². The van der Waals surface area contributed by atoms with Crippen molar-refractivity contribution in [3.05, 3.63) is 24.5 Å². The molecule has 0 aliphatic carbocycles. The van der Waals surface area contributed by atoms with Crippen LogP contribution in [0.1, 0.15) is 0 Å². The summed E-state index contributed by atoms with van der Waals surface area (Å²) < 4.78 is 1.97. The molecule has 0 bridgehead atoms. The van der Waals surface area contributed by atoms with Gasteiger partial charge in [-0.25, -0.2) is 5.32 Å². The molecule has 0 aromatic carbocycles. The third-order valence-electron chi connectivity index (χ3n) is 1.19. The zero-order valence-electron chi connectivity index (χ0n) is 4.28. The SMILES string of the molecule is C1=Cn2cccc2[N]1. The van der Waals surface area contributed by atoms with Crippen LogP contribution in [-0.4, -0.2) is 4.57 Å². The molecule has 0 saturated carbocycles. The highest BCUT2D eigenvalue weighted by molar-refractivity contribution is 5.46. The molecule has 0 amide bonds. The minimum atomic E-state index is 1.02. The van der Waals surface area contributed by atoms with E-state index in [2.05, 4.69) is 5.32 Å². The summed E-state index contributed by atoms with van der Waals surface area (Å²) >= 11 is 0. The molecule has 1 radical (unpaired) electrons. The second-order valence-corrected chi connectivity index (χ2v) is 1.70. The lowest BCUT2D eigenvalue weighted by atomic mass is 10.6. The summed E-state index contributed by atoms with van der Waals surface area (Å²) in [5, 5.41) is 4.04. The van der Waals surface area contributed by atoms with Gasteiger partial charge in [0.15, 0.2) is 0 Å². The number of hydrogen-bond acceptors (Lipinski definition) is 0. The van der Waals surface area contributed by atoms with E-state index in [4.69, 9.17) is 0 Å². The van der Waals surface area contributed by atoms with Crippen molar-refractivity contribution >= 4 is 12.0 Å². The normalized spacial score (nSPS) is 13.5. The summed E-state index contributed by atoms with van der Waals surface area (Å²) in [6.45, 7) is 0. The van der Waals surface area contributed by atoms with Crippen LogP contribution in [0.3, 0.4) is 0 Å². The van der Waals surface area contributed by atoms with Gasteiger partial charge in [0.1, 0.15) is 5.82 Å². The highest BCUT2D eigenvalue weighted by Gasteiger charge is 2.00. The van der Waals surface area contributed by atoms with Gasteiger partial charge in [0.25, 0.3) is 0 Å². The lowest BCUT2D eigenvalue weighted by molar-refractivity contribution is 1.11. The molecular weight excluding hydrogens is 100 g/mol. The first-order chi connectivity index (χ1) is 3.97. The van der Waals surface area contributed by atoms with Crippen molar-refractivity contribution < 1.29 is 0 Å². The van der Waals surface area contributed by atoms with Gasteiger partial charge in [0.2, 0.25) is 0 Å². The first kappa shape index (κ1) is 3.78. The summed E-state index contributed by atoms with van der Waals surface area (Å²) in [5.74, 6) is 1.02. The molecule has 1 aliphatic rings. The van der Waals surface area contributed by atoms with Crippen LogP contribution in [0, 0.1) is 0 Å². The fraction of sp³-hybridized carbons (Fsp3) is 0. The molecular formula is C6H5N2. The van der Waals surface area contributed by atoms with E-state index < -0.39 is 0 Å². The van der Waals surface area contributed by atoms with Crippen molar-refractivity contribution in [1.29, 1.82) is 0 Å². The Bertz CT molecular complexity index is 222. The molecule has 1 aliphatic heterocycles. The van der Waals surface area contributed by atoms with Crippen molar-refractivity contribution in [1.82, 2.24) is 9.88 Å². The predicted molar refractivity (Wildman–Crippen MR) is 31.6 cm³/mol. The molecule has 2 heterocycles. The zero-order valence-corrected chi connectivity index (χ0v) is 4.28. The number of hydrogen-bond donors (Lipinski definition) is 0. The molecule has 0 unspecified atom stereocenters. The van der Waals surface area contributed by atoms with Crippen molar-refractivity contribution in [2.24, 2.45) is 0 Å². The molecule has 0 atom stereocenters. The molecule has 1 aromatic rings. The topological polar surface area (TPSA) is 19.0 Å². The number of aromatic nitrogens is 1. The summed E-state index contributed by atoms with van der Waals surface area (Å²) in [7, 11) is 0. The van der Waals surface area contributed by atoms with Crippen LogP contribution in [-0.2, 0) is 0 Å². The van der Waals surface area contributed by atoms with E-state index in [-0.39, 0.29) is 0 Å². The summed E-state index contributed by atoms with van der Waals surface area (Å²) in [6, 6.07) is 3.95. The van der Waals surface area contributed by atoms with Crippen LogP contribution in [0.15, 0.2) is 24.5 Å². The molecule has 39 valence electrons. The van der Waals surface area contributed by atoms with Gasteiger partial charge in [-0.3, -0.25) is 0 Å². The fourth-order valence-electron chi connectivity index (χ4n) is 0.802. The Balaban J connectivity index is 2.67. The third-order valence-corrected chi connectivity index (χ3v) is 1.19. The van der Waals surface area contributed by atoms with Crippen molar-refractivity contribution in [2.75, 3.05) is 0 Å². The quantitative estimate of drug-likeness (QED) is 0.471. The van der Waals surface area contributed by atoms with Crippen molar-refractivity contribution in [2.45, 2.75) is 0 Å². The molecule has 0 N–H and O–H groups in total. The van der Waals surface area contributed by atoms with Gasteiger partial charge in [-0.2, -0.15) is 0 Å². The Labute approximate surface area is 47.4 Å². The maximum absolute atomic E-state index is 4.04. The average Bonchev–Trinajstić information content (AvgIpc) is 2.15. The van der Waals surface area contributed by atoms with Crippen LogP contribution in [0.5, 0.6) is 0 Å². The summed E-state index contributed by atoms with van der Waals surface area (Å²) in [5.41, 5.74) is 0. The maximum atomic E-state index is 4.04. The van der Waals surface area contributed by atoms with Gasteiger partial charge in [-0.1, -0.05) is 0 Å². The smallest absolute Gasteiger partial charge is 0.136 e. The first-order valence-corrected chi connectivity index (χ1v) is 2.51. The van der Waals surface area contributed by atoms with E-state index in [0.717, 1.165) is 5.82 Å². The number of fused-ring (bicyclic) bond motifs is 1.